The minimum absolute atomic E-state index is 0.184. The first-order valence-corrected chi connectivity index (χ1v) is 6.33. The van der Waals surface area contributed by atoms with Crippen molar-refractivity contribution in [2.45, 2.75) is 6.18 Å². The molecule has 0 atom stereocenters. The molecule has 0 aliphatic carbocycles. The Kier molecular flexibility index (Phi) is 4.53. The Morgan fingerprint density at radius 3 is 2.24 bits per heavy atom. The third kappa shape index (κ3) is 3.98. The van der Waals surface area contributed by atoms with E-state index in [0.29, 0.717) is 10.6 Å². The van der Waals surface area contributed by atoms with Gasteiger partial charge in [-0.25, -0.2) is 0 Å². The van der Waals surface area contributed by atoms with Crippen LogP contribution >= 0.6 is 11.6 Å². The van der Waals surface area contributed by atoms with Gasteiger partial charge < -0.3 is 4.74 Å². The molecule has 0 fully saturated rings. The van der Waals surface area contributed by atoms with Crippen LogP contribution in [0, 0.1) is 0 Å². The zero-order chi connectivity index (χ0) is 15.5. The molecule has 0 aliphatic rings. The van der Waals surface area contributed by atoms with Crippen molar-refractivity contribution in [1.29, 1.82) is 0 Å². The van der Waals surface area contributed by atoms with Crippen LogP contribution in [0.1, 0.15) is 15.9 Å². The molecule has 6 heteroatoms. The molecule has 2 rings (SSSR count). The SMILES string of the molecule is O=C(COc1ccc(C(F)(F)F)cc1)c1ccccc1Cl. The van der Waals surface area contributed by atoms with Crippen molar-refractivity contribution in [3.8, 4) is 5.75 Å². The first kappa shape index (κ1) is 15.4. The predicted octanol–water partition coefficient (Wildman–Crippen LogP) is 4.62. The van der Waals surface area contributed by atoms with Gasteiger partial charge in [0.1, 0.15) is 5.75 Å². The van der Waals surface area contributed by atoms with Crippen molar-refractivity contribution in [1.82, 2.24) is 0 Å². The largest absolute Gasteiger partial charge is 0.485 e. The van der Waals surface area contributed by atoms with Crippen LogP contribution in [0.2, 0.25) is 5.02 Å². The fraction of sp³-hybridized carbons (Fsp3) is 0.133. The summed E-state index contributed by atoms with van der Waals surface area (Å²) >= 11 is 5.87. The molecule has 0 aromatic heterocycles. The van der Waals surface area contributed by atoms with Gasteiger partial charge in [0.2, 0.25) is 5.78 Å². The molecule has 0 radical (unpaired) electrons. The second kappa shape index (κ2) is 6.18. The number of carbonyl (C=O) groups excluding carboxylic acids is 1. The molecular weight excluding hydrogens is 305 g/mol. The van der Waals surface area contributed by atoms with Gasteiger partial charge in [0.05, 0.1) is 10.6 Å². The van der Waals surface area contributed by atoms with E-state index in [2.05, 4.69) is 0 Å². The highest BCUT2D eigenvalue weighted by Gasteiger charge is 2.30. The lowest BCUT2D eigenvalue weighted by molar-refractivity contribution is -0.137. The highest BCUT2D eigenvalue weighted by Crippen LogP contribution is 2.30. The van der Waals surface area contributed by atoms with E-state index in [9.17, 15) is 18.0 Å². The second-order valence-electron chi connectivity index (χ2n) is 4.21. The first-order chi connectivity index (χ1) is 9.88. The van der Waals surface area contributed by atoms with E-state index < -0.39 is 11.7 Å². The van der Waals surface area contributed by atoms with Gasteiger partial charge in [-0.1, -0.05) is 23.7 Å². The molecule has 21 heavy (non-hydrogen) atoms. The standard InChI is InChI=1S/C15H10ClF3O2/c16-13-4-2-1-3-12(13)14(20)9-21-11-7-5-10(6-8-11)15(17,18)19/h1-8H,9H2. The van der Waals surface area contributed by atoms with Gasteiger partial charge >= 0.3 is 6.18 Å². The minimum atomic E-state index is -4.40. The van der Waals surface area contributed by atoms with Gasteiger partial charge in [0.25, 0.3) is 0 Å². The summed E-state index contributed by atoms with van der Waals surface area (Å²) in [5, 5.41) is 0.304. The normalized spacial score (nSPS) is 11.2. The highest BCUT2D eigenvalue weighted by molar-refractivity contribution is 6.34. The number of Topliss-reactive ketones (excluding diaryl/α,β-unsaturated/α-hetero) is 1. The van der Waals surface area contributed by atoms with E-state index in [-0.39, 0.29) is 18.1 Å². The average Bonchev–Trinajstić information content (AvgIpc) is 2.45. The number of alkyl halides is 3. The van der Waals surface area contributed by atoms with E-state index in [0.717, 1.165) is 12.1 Å². The fourth-order valence-electron chi connectivity index (χ4n) is 1.65. The number of carbonyl (C=O) groups is 1. The van der Waals surface area contributed by atoms with E-state index >= 15 is 0 Å². The molecule has 2 aromatic rings. The number of halogens is 4. The van der Waals surface area contributed by atoms with Crippen LogP contribution in [0.25, 0.3) is 0 Å². The number of hydrogen-bond acceptors (Lipinski definition) is 2. The van der Waals surface area contributed by atoms with Gasteiger partial charge in [0, 0.05) is 5.56 Å². The Hall–Kier alpha value is -2.01. The summed E-state index contributed by atoms with van der Waals surface area (Å²) in [6.07, 6.45) is -4.40. The summed E-state index contributed by atoms with van der Waals surface area (Å²) in [6, 6.07) is 10.6. The second-order valence-corrected chi connectivity index (χ2v) is 4.62. The Labute approximate surface area is 124 Å². The highest BCUT2D eigenvalue weighted by atomic mass is 35.5. The maximum Gasteiger partial charge on any atom is 0.416 e. The van der Waals surface area contributed by atoms with E-state index in [1.807, 2.05) is 0 Å². The monoisotopic (exact) mass is 314 g/mol. The molecule has 0 heterocycles. The summed E-state index contributed by atoms with van der Waals surface area (Å²) in [5.74, 6) is -0.163. The van der Waals surface area contributed by atoms with Crippen LogP contribution in [0.5, 0.6) is 5.75 Å². The quantitative estimate of drug-likeness (QED) is 0.770. The van der Waals surface area contributed by atoms with Crippen LogP contribution in [0.4, 0.5) is 13.2 Å². The topological polar surface area (TPSA) is 26.3 Å². The van der Waals surface area contributed by atoms with Crippen molar-refractivity contribution in [3.63, 3.8) is 0 Å². The number of rotatable bonds is 4. The van der Waals surface area contributed by atoms with Gasteiger partial charge in [-0.15, -0.1) is 0 Å². The molecule has 0 amide bonds. The summed E-state index contributed by atoms with van der Waals surface area (Å²) in [7, 11) is 0. The summed E-state index contributed by atoms with van der Waals surface area (Å²) in [6.45, 7) is -0.297. The van der Waals surface area contributed by atoms with Crippen molar-refractivity contribution >= 4 is 17.4 Å². The lowest BCUT2D eigenvalue weighted by atomic mass is 10.1. The fourth-order valence-corrected chi connectivity index (χ4v) is 1.90. The number of benzene rings is 2. The van der Waals surface area contributed by atoms with Crippen LogP contribution in [-0.4, -0.2) is 12.4 Å². The smallest absolute Gasteiger partial charge is 0.416 e. The number of hydrogen-bond donors (Lipinski definition) is 0. The molecule has 0 bridgehead atoms. The van der Waals surface area contributed by atoms with Gasteiger partial charge in [-0.05, 0) is 36.4 Å². The van der Waals surface area contributed by atoms with Gasteiger partial charge in [-0.3, -0.25) is 4.79 Å². The van der Waals surface area contributed by atoms with E-state index in [1.165, 1.54) is 12.1 Å². The molecule has 110 valence electrons. The zero-order valence-electron chi connectivity index (χ0n) is 10.7. The lowest BCUT2D eigenvalue weighted by Crippen LogP contribution is -2.12. The Bertz CT molecular complexity index is 636. The van der Waals surface area contributed by atoms with Crippen molar-refractivity contribution < 1.29 is 22.7 Å². The Balaban J connectivity index is 2.00. The molecule has 2 aromatic carbocycles. The summed E-state index contributed by atoms with van der Waals surface area (Å²) in [5.41, 5.74) is -0.460. The predicted molar refractivity (Wildman–Crippen MR) is 72.7 cm³/mol. The summed E-state index contributed by atoms with van der Waals surface area (Å²) < 4.78 is 42.3. The maximum atomic E-state index is 12.4. The van der Waals surface area contributed by atoms with E-state index in [4.69, 9.17) is 16.3 Å². The van der Waals surface area contributed by atoms with Crippen LogP contribution < -0.4 is 4.74 Å². The molecule has 0 saturated carbocycles. The molecule has 2 nitrogen and oxygen atoms in total. The third-order valence-corrected chi connectivity index (χ3v) is 3.06. The Morgan fingerprint density at radius 1 is 1.05 bits per heavy atom. The van der Waals surface area contributed by atoms with Crippen LogP contribution in [0.3, 0.4) is 0 Å². The van der Waals surface area contributed by atoms with Gasteiger partial charge in [-0.2, -0.15) is 13.2 Å². The van der Waals surface area contributed by atoms with Crippen LogP contribution in [0.15, 0.2) is 48.5 Å². The molecule has 0 unspecified atom stereocenters. The van der Waals surface area contributed by atoms with Crippen LogP contribution in [-0.2, 0) is 6.18 Å². The maximum absolute atomic E-state index is 12.4. The average molecular weight is 315 g/mol. The van der Waals surface area contributed by atoms with Crippen molar-refractivity contribution in [3.05, 3.63) is 64.7 Å². The van der Waals surface area contributed by atoms with Crippen molar-refractivity contribution in [2.75, 3.05) is 6.61 Å². The first-order valence-electron chi connectivity index (χ1n) is 5.96. The molecular formula is C15H10ClF3O2. The Morgan fingerprint density at radius 2 is 1.67 bits per heavy atom. The number of ketones is 1. The zero-order valence-corrected chi connectivity index (χ0v) is 11.4. The van der Waals surface area contributed by atoms with Gasteiger partial charge in [0.15, 0.2) is 6.61 Å². The van der Waals surface area contributed by atoms with Crippen molar-refractivity contribution in [2.24, 2.45) is 0 Å². The summed E-state index contributed by atoms with van der Waals surface area (Å²) in [4.78, 5) is 11.9. The number of ether oxygens (including phenoxy) is 1. The third-order valence-electron chi connectivity index (χ3n) is 2.73. The molecule has 0 spiro atoms. The molecule has 0 aliphatic heterocycles. The van der Waals surface area contributed by atoms with E-state index in [1.54, 1.807) is 24.3 Å². The minimum Gasteiger partial charge on any atom is -0.485 e. The molecule has 0 N–H and O–H groups in total. The lowest BCUT2D eigenvalue weighted by Gasteiger charge is -2.09. The molecule has 0 saturated heterocycles.